The van der Waals surface area contributed by atoms with E-state index in [-0.39, 0.29) is 5.91 Å². The predicted molar refractivity (Wildman–Crippen MR) is 119 cm³/mol. The molecule has 156 valence electrons. The number of rotatable bonds is 11. The minimum absolute atomic E-state index is 0.0475. The first-order valence-electron chi connectivity index (χ1n) is 10.0. The molecule has 30 heavy (non-hydrogen) atoms. The summed E-state index contributed by atoms with van der Waals surface area (Å²) in [6.07, 6.45) is 3.59. The number of nitrogens with one attached hydrogen (secondary N) is 2. The van der Waals surface area contributed by atoms with E-state index in [2.05, 4.69) is 27.8 Å². The fourth-order valence-corrected chi connectivity index (χ4v) is 2.86. The molecule has 6 nitrogen and oxygen atoms in total. The van der Waals surface area contributed by atoms with Gasteiger partial charge in [-0.25, -0.2) is 4.98 Å². The van der Waals surface area contributed by atoms with Crippen LogP contribution in [0.15, 0.2) is 72.9 Å². The molecule has 0 saturated heterocycles. The zero-order valence-corrected chi connectivity index (χ0v) is 17.1. The molecule has 0 unspecified atom stereocenters. The lowest BCUT2D eigenvalue weighted by Crippen LogP contribution is -2.13. The molecule has 0 saturated carbocycles. The monoisotopic (exact) mass is 405 g/mol. The van der Waals surface area contributed by atoms with Crippen LogP contribution in [-0.2, 0) is 11.2 Å². The van der Waals surface area contributed by atoms with Crippen LogP contribution in [0, 0.1) is 0 Å². The first-order chi connectivity index (χ1) is 14.7. The zero-order valence-electron chi connectivity index (χ0n) is 17.1. The van der Waals surface area contributed by atoms with E-state index in [1.807, 2.05) is 54.6 Å². The maximum absolute atomic E-state index is 12.1. The number of amides is 1. The Kier molecular flexibility index (Phi) is 8.09. The summed E-state index contributed by atoms with van der Waals surface area (Å²) in [5.41, 5.74) is 1.91. The molecule has 3 rings (SSSR count). The molecule has 0 bridgehead atoms. The number of para-hydroxylation sites is 1. The number of nitrogens with zero attached hydrogens (tertiary/aromatic N) is 1. The lowest BCUT2D eigenvalue weighted by atomic mass is 10.1. The Balaban J connectivity index is 1.33. The molecule has 2 N–H and O–H groups in total. The lowest BCUT2D eigenvalue weighted by Gasteiger charge is -2.09. The van der Waals surface area contributed by atoms with E-state index in [1.165, 1.54) is 5.56 Å². The molecule has 6 heteroatoms. The molecule has 0 radical (unpaired) electrons. The molecule has 0 spiro atoms. The van der Waals surface area contributed by atoms with Gasteiger partial charge in [0, 0.05) is 13.0 Å². The van der Waals surface area contributed by atoms with Crippen LogP contribution in [0.5, 0.6) is 11.5 Å². The van der Waals surface area contributed by atoms with Gasteiger partial charge in [-0.3, -0.25) is 4.79 Å². The number of carbonyl (C=O) groups is 1. The fraction of sp³-hybridized carbons (Fsp3) is 0.250. The summed E-state index contributed by atoms with van der Waals surface area (Å²) in [5.74, 6) is 2.40. The van der Waals surface area contributed by atoms with Crippen molar-refractivity contribution in [2.75, 3.05) is 30.9 Å². The molecule has 3 aromatic rings. The molecule has 0 aliphatic heterocycles. The Morgan fingerprint density at radius 2 is 1.77 bits per heavy atom. The summed E-state index contributed by atoms with van der Waals surface area (Å²) in [6.45, 7) is 1.28. The molecule has 1 aromatic heterocycles. The van der Waals surface area contributed by atoms with Gasteiger partial charge in [0.1, 0.15) is 17.3 Å². The molecule has 2 aromatic carbocycles. The number of ether oxygens (including phenoxy) is 2. The Bertz CT molecular complexity index is 897. The minimum atomic E-state index is -0.0475. The average Bonchev–Trinajstić information content (AvgIpc) is 2.79. The van der Waals surface area contributed by atoms with Crippen molar-refractivity contribution >= 4 is 17.4 Å². The largest absolute Gasteiger partial charge is 0.497 e. The van der Waals surface area contributed by atoms with Crippen LogP contribution in [0.4, 0.5) is 11.5 Å². The van der Waals surface area contributed by atoms with Crippen molar-refractivity contribution in [1.29, 1.82) is 0 Å². The normalized spacial score (nSPS) is 10.3. The average molecular weight is 405 g/mol. The van der Waals surface area contributed by atoms with Gasteiger partial charge >= 0.3 is 0 Å². The number of carbonyl (C=O) groups excluding carboxylic acids is 1. The van der Waals surface area contributed by atoms with Gasteiger partial charge in [-0.2, -0.15) is 0 Å². The Morgan fingerprint density at radius 1 is 0.967 bits per heavy atom. The van der Waals surface area contributed by atoms with Gasteiger partial charge in [0.2, 0.25) is 5.91 Å². The van der Waals surface area contributed by atoms with Gasteiger partial charge < -0.3 is 20.1 Å². The van der Waals surface area contributed by atoms with E-state index in [9.17, 15) is 4.79 Å². The van der Waals surface area contributed by atoms with Crippen LogP contribution in [0.2, 0.25) is 0 Å². The van der Waals surface area contributed by atoms with Crippen molar-refractivity contribution in [3.8, 4) is 11.5 Å². The van der Waals surface area contributed by atoms with Gasteiger partial charge in [-0.1, -0.05) is 30.3 Å². The topological polar surface area (TPSA) is 72.5 Å². The van der Waals surface area contributed by atoms with Gasteiger partial charge in [-0.05, 0) is 54.8 Å². The van der Waals surface area contributed by atoms with Crippen molar-refractivity contribution in [2.24, 2.45) is 0 Å². The summed E-state index contributed by atoms with van der Waals surface area (Å²) >= 11 is 0. The van der Waals surface area contributed by atoms with Crippen molar-refractivity contribution < 1.29 is 14.3 Å². The highest BCUT2D eigenvalue weighted by molar-refractivity contribution is 5.90. The van der Waals surface area contributed by atoms with Crippen molar-refractivity contribution in [1.82, 2.24) is 4.98 Å². The van der Waals surface area contributed by atoms with Gasteiger partial charge in [-0.15, -0.1) is 0 Å². The highest BCUT2D eigenvalue weighted by atomic mass is 16.5. The first kappa shape index (κ1) is 21.2. The molecular formula is C24H27N3O3. The summed E-state index contributed by atoms with van der Waals surface area (Å²) in [5, 5.41) is 6.15. The van der Waals surface area contributed by atoms with Crippen LogP contribution in [0.1, 0.15) is 18.4 Å². The van der Waals surface area contributed by atoms with E-state index in [1.54, 1.807) is 13.3 Å². The maximum atomic E-state index is 12.1. The SMILES string of the molecule is COc1ccc(CCNc2ccc(NC(=O)CCCOc3ccccc3)cn2)cc1. The number of hydrogen-bond donors (Lipinski definition) is 2. The smallest absolute Gasteiger partial charge is 0.224 e. The number of anilines is 2. The summed E-state index contributed by atoms with van der Waals surface area (Å²) < 4.78 is 10.8. The second-order valence-corrected chi connectivity index (χ2v) is 6.77. The van der Waals surface area contributed by atoms with Gasteiger partial charge in [0.15, 0.2) is 0 Å². The van der Waals surface area contributed by atoms with E-state index < -0.39 is 0 Å². The van der Waals surface area contributed by atoms with E-state index in [4.69, 9.17) is 9.47 Å². The third kappa shape index (κ3) is 7.13. The maximum Gasteiger partial charge on any atom is 0.224 e. The van der Waals surface area contributed by atoms with Crippen LogP contribution >= 0.6 is 0 Å². The van der Waals surface area contributed by atoms with Crippen LogP contribution in [0.25, 0.3) is 0 Å². The van der Waals surface area contributed by atoms with Crippen molar-refractivity contribution in [3.05, 3.63) is 78.5 Å². The standard InChI is InChI=1S/C24H27N3O3/c1-29-21-12-9-19(10-13-21)15-16-25-23-14-11-20(18-26-23)27-24(28)8-5-17-30-22-6-3-2-4-7-22/h2-4,6-7,9-14,18H,5,8,15-17H2,1H3,(H,25,26)(H,27,28). The number of methoxy groups -OCH3 is 1. The molecule has 0 atom stereocenters. The molecule has 0 aliphatic rings. The third-order valence-corrected chi connectivity index (χ3v) is 4.49. The molecular weight excluding hydrogens is 378 g/mol. The predicted octanol–water partition coefficient (Wildman–Crippen LogP) is 4.54. The van der Waals surface area contributed by atoms with Crippen LogP contribution < -0.4 is 20.1 Å². The highest BCUT2D eigenvalue weighted by Gasteiger charge is 2.04. The fourth-order valence-electron chi connectivity index (χ4n) is 2.86. The number of pyridine rings is 1. The molecule has 0 fully saturated rings. The van der Waals surface area contributed by atoms with Gasteiger partial charge in [0.05, 0.1) is 25.6 Å². The summed E-state index contributed by atoms with van der Waals surface area (Å²) in [7, 11) is 1.66. The molecule has 0 aliphatic carbocycles. The summed E-state index contributed by atoms with van der Waals surface area (Å²) in [6, 6.07) is 21.3. The third-order valence-electron chi connectivity index (χ3n) is 4.49. The second kappa shape index (κ2) is 11.5. The molecule has 1 amide bonds. The Hall–Kier alpha value is -3.54. The van der Waals surface area contributed by atoms with Crippen molar-refractivity contribution in [3.63, 3.8) is 0 Å². The number of benzene rings is 2. The lowest BCUT2D eigenvalue weighted by molar-refractivity contribution is -0.116. The Morgan fingerprint density at radius 3 is 2.47 bits per heavy atom. The number of hydrogen-bond acceptors (Lipinski definition) is 5. The molecule has 1 heterocycles. The highest BCUT2D eigenvalue weighted by Crippen LogP contribution is 2.13. The zero-order chi connectivity index (χ0) is 21.0. The quantitative estimate of drug-likeness (QED) is 0.458. The minimum Gasteiger partial charge on any atom is -0.497 e. The van der Waals surface area contributed by atoms with Crippen LogP contribution in [0.3, 0.4) is 0 Å². The summed E-state index contributed by atoms with van der Waals surface area (Å²) in [4.78, 5) is 16.4. The van der Waals surface area contributed by atoms with E-state index in [0.717, 1.165) is 30.3 Å². The van der Waals surface area contributed by atoms with Crippen LogP contribution in [-0.4, -0.2) is 31.2 Å². The number of aromatic nitrogens is 1. The van der Waals surface area contributed by atoms with Gasteiger partial charge in [0.25, 0.3) is 0 Å². The second-order valence-electron chi connectivity index (χ2n) is 6.77. The van der Waals surface area contributed by atoms with Crippen molar-refractivity contribution in [2.45, 2.75) is 19.3 Å². The van der Waals surface area contributed by atoms with E-state index >= 15 is 0 Å². The first-order valence-corrected chi connectivity index (χ1v) is 10.0. The Labute approximate surface area is 177 Å². The van der Waals surface area contributed by atoms with E-state index in [0.29, 0.717) is 25.1 Å².